The van der Waals surface area contributed by atoms with Crippen molar-refractivity contribution in [2.45, 2.75) is 13.0 Å². The summed E-state index contributed by atoms with van der Waals surface area (Å²) < 4.78 is 13.0. The molecule has 0 spiro atoms. The maximum atomic E-state index is 13.0. The Morgan fingerprint density at radius 3 is 2.67 bits per heavy atom. The molecule has 3 aromatic carbocycles. The summed E-state index contributed by atoms with van der Waals surface area (Å²) >= 11 is 0. The summed E-state index contributed by atoms with van der Waals surface area (Å²) in [6.45, 7) is 1.68. The van der Waals surface area contributed by atoms with Gasteiger partial charge < -0.3 is 10.6 Å². The molecule has 0 aliphatic carbocycles. The first-order chi connectivity index (χ1) is 11.8. The van der Waals surface area contributed by atoms with Crippen molar-refractivity contribution in [2.24, 2.45) is 0 Å². The average molecular weight is 318 g/mol. The molecule has 0 bridgehead atoms. The van der Waals surface area contributed by atoms with Gasteiger partial charge in [0, 0.05) is 30.0 Å². The van der Waals surface area contributed by atoms with Gasteiger partial charge in [0.15, 0.2) is 0 Å². The summed E-state index contributed by atoms with van der Waals surface area (Å²) in [6.07, 6.45) is 1.09. The number of fused-ring (bicyclic) bond motifs is 1. The summed E-state index contributed by atoms with van der Waals surface area (Å²) in [7, 11) is 0. The van der Waals surface area contributed by atoms with Crippen molar-refractivity contribution in [2.75, 3.05) is 17.2 Å². The number of anilines is 2. The fourth-order valence-electron chi connectivity index (χ4n) is 3.18. The number of hydrogen-bond donors (Lipinski definition) is 2. The van der Waals surface area contributed by atoms with Crippen LogP contribution in [-0.2, 0) is 13.0 Å². The normalized spacial score (nSPS) is 12.5. The van der Waals surface area contributed by atoms with Crippen molar-refractivity contribution in [1.29, 1.82) is 0 Å². The zero-order chi connectivity index (χ0) is 16.4. The second kappa shape index (κ2) is 6.36. The van der Waals surface area contributed by atoms with Crippen LogP contribution in [0.3, 0.4) is 0 Å². The van der Waals surface area contributed by atoms with Crippen molar-refractivity contribution in [3.8, 4) is 11.1 Å². The second-order valence-electron chi connectivity index (χ2n) is 6.08. The zero-order valence-electron chi connectivity index (χ0n) is 13.4. The third kappa shape index (κ3) is 2.98. The molecule has 120 valence electrons. The highest BCUT2D eigenvalue weighted by Gasteiger charge is 2.14. The third-order valence-corrected chi connectivity index (χ3v) is 4.43. The Bertz CT molecular complexity index is 856. The predicted molar refractivity (Wildman–Crippen MR) is 97.8 cm³/mol. The van der Waals surface area contributed by atoms with E-state index >= 15 is 0 Å². The minimum atomic E-state index is -0.203. The molecule has 3 aromatic rings. The van der Waals surface area contributed by atoms with Crippen molar-refractivity contribution in [1.82, 2.24) is 0 Å². The third-order valence-electron chi connectivity index (χ3n) is 4.43. The summed E-state index contributed by atoms with van der Waals surface area (Å²) in [4.78, 5) is 0. The predicted octanol–water partition coefficient (Wildman–Crippen LogP) is 5.07. The Morgan fingerprint density at radius 2 is 1.79 bits per heavy atom. The van der Waals surface area contributed by atoms with Gasteiger partial charge in [0.2, 0.25) is 0 Å². The van der Waals surface area contributed by atoms with E-state index in [4.69, 9.17) is 0 Å². The molecule has 1 heterocycles. The van der Waals surface area contributed by atoms with E-state index in [1.54, 1.807) is 12.1 Å². The Kier molecular flexibility index (Phi) is 3.91. The minimum Gasteiger partial charge on any atom is -0.384 e. The molecule has 2 N–H and O–H groups in total. The molecular formula is C21H19FN2. The second-order valence-corrected chi connectivity index (χ2v) is 6.08. The Labute approximate surface area is 141 Å². The molecule has 0 aromatic heterocycles. The van der Waals surface area contributed by atoms with Gasteiger partial charge >= 0.3 is 0 Å². The van der Waals surface area contributed by atoms with Gasteiger partial charge in [-0.3, -0.25) is 0 Å². The van der Waals surface area contributed by atoms with Gasteiger partial charge in [-0.2, -0.15) is 0 Å². The molecule has 0 saturated carbocycles. The van der Waals surface area contributed by atoms with Crippen LogP contribution in [0.2, 0.25) is 0 Å². The summed E-state index contributed by atoms with van der Waals surface area (Å²) in [5, 5.41) is 6.91. The van der Waals surface area contributed by atoms with Crippen molar-refractivity contribution in [3.63, 3.8) is 0 Å². The lowest BCUT2D eigenvalue weighted by Crippen LogP contribution is -1.99. The molecule has 4 rings (SSSR count). The highest BCUT2D eigenvalue weighted by atomic mass is 19.1. The van der Waals surface area contributed by atoms with Crippen molar-refractivity contribution in [3.05, 3.63) is 83.7 Å². The first-order valence-electron chi connectivity index (χ1n) is 8.24. The Morgan fingerprint density at radius 1 is 0.958 bits per heavy atom. The molecule has 0 saturated heterocycles. The van der Waals surface area contributed by atoms with Crippen LogP contribution < -0.4 is 10.6 Å². The van der Waals surface area contributed by atoms with E-state index in [0.29, 0.717) is 6.54 Å². The SMILES string of the molecule is Fc1ccc(CNc2cccc(-c3cccc4c3NCC4)c2)cc1. The first kappa shape index (κ1) is 14.8. The van der Waals surface area contributed by atoms with Crippen LogP contribution >= 0.6 is 0 Å². The summed E-state index contributed by atoms with van der Waals surface area (Å²) in [5.41, 5.74) is 7.21. The fraction of sp³-hybridized carbons (Fsp3) is 0.143. The molecule has 1 aliphatic heterocycles. The maximum absolute atomic E-state index is 13.0. The standard InChI is InChI=1S/C21H19FN2/c22-18-9-7-15(8-10-18)14-24-19-5-1-4-17(13-19)20-6-2-3-16-11-12-23-21(16)20/h1-10,13,23-24H,11-12,14H2. The van der Waals surface area contributed by atoms with Crippen LogP contribution in [0.4, 0.5) is 15.8 Å². The van der Waals surface area contributed by atoms with Crippen molar-refractivity contribution < 1.29 is 4.39 Å². The lowest BCUT2D eigenvalue weighted by atomic mass is 10.00. The number of rotatable bonds is 4. The van der Waals surface area contributed by atoms with Gasteiger partial charge in [0.05, 0.1) is 0 Å². The highest BCUT2D eigenvalue weighted by Crippen LogP contribution is 2.35. The van der Waals surface area contributed by atoms with Gasteiger partial charge in [-0.15, -0.1) is 0 Å². The maximum Gasteiger partial charge on any atom is 0.123 e. The van der Waals surface area contributed by atoms with E-state index < -0.39 is 0 Å². The molecule has 24 heavy (non-hydrogen) atoms. The quantitative estimate of drug-likeness (QED) is 0.701. The molecule has 2 nitrogen and oxygen atoms in total. The number of para-hydroxylation sites is 1. The molecule has 0 fully saturated rings. The van der Waals surface area contributed by atoms with Gasteiger partial charge in [0.25, 0.3) is 0 Å². The first-order valence-corrected chi connectivity index (χ1v) is 8.24. The Hall–Kier alpha value is -2.81. The molecule has 3 heteroatoms. The van der Waals surface area contributed by atoms with Crippen LogP contribution in [0, 0.1) is 5.82 Å². The number of nitrogens with one attached hydrogen (secondary N) is 2. The van der Waals surface area contributed by atoms with E-state index in [9.17, 15) is 4.39 Å². The fourth-order valence-corrected chi connectivity index (χ4v) is 3.18. The van der Waals surface area contributed by atoms with E-state index in [0.717, 1.165) is 24.2 Å². The van der Waals surface area contributed by atoms with Gasteiger partial charge in [-0.25, -0.2) is 4.39 Å². The van der Waals surface area contributed by atoms with Gasteiger partial charge in [-0.1, -0.05) is 42.5 Å². The number of hydrogen-bond acceptors (Lipinski definition) is 2. The smallest absolute Gasteiger partial charge is 0.123 e. The zero-order valence-corrected chi connectivity index (χ0v) is 13.4. The largest absolute Gasteiger partial charge is 0.384 e. The molecule has 0 atom stereocenters. The average Bonchev–Trinajstić information content (AvgIpc) is 3.10. The van der Waals surface area contributed by atoms with Crippen molar-refractivity contribution >= 4 is 11.4 Å². The molecule has 0 unspecified atom stereocenters. The van der Waals surface area contributed by atoms with E-state index in [2.05, 4.69) is 53.1 Å². The van der Waals surface area contributed by atoms with Crippen LogP contribution in [-0.4, -0.2) is 6.54 Å². The number of halogens is 1. The van der Waals surface area contributed by atoms with Crippen LogP contribution in [0.5, 0.6) is 0 Å². The minimum absolute atomic E-state index is 0.203. The van der Waals surface area contributed by atoms with E-state index in [1.165, 1.54) is 34.5 Å². The summed E-state index contributed by atoms with van der Waals surface area (Å²) in [5.74, 6) is -0.203. The van der Waals surface area contributed by atoms with Gasteiger partial charge in [0.1, 0.15) is 5.82 Å². The topological polar surface area (TPSA) is 24.1 Å². The van der Waals surface area contributed by atoms with E-state index in [1.807, 2.05) is 0 Å². The van der Waals surface area contributed by atoms with Gasteiger partial charge in [-0.05, 0) is 47.4 Å². The van der Waals surface area contributed by atoms with E-state index in [-0.39, 0.29) is 5.82 Å². The van der Waals surface area contributed by atoms with Crippen LogP contribution in [0.15, 0.2) is 66.7 Å². The molecule has 1 aliphatic rings. The number of benzene rings is 3. The van der Waals surface area contributed by atoms with Crippen LogP contribution in [0.25, 0.3) is 11.1 Å². The lowest BCUT2D eigenvalue weighted by molar-refractivity contribution is 0.627. The van der Waals surface area contributed by atoms with Crippen LogP contribution in [0.1, 0.15) is 11.1 Å². The molecule has 0 radical (unpaired) electrons. The molecule has 0 amide bonds. The molecular weight excluding hydrogens is 299 g/mol. The highest BCUT2D eigenvalue weighted by molar-refractivity contribution is 5.83. The Balaban J connectivity index is 1.56. The lowest BCUT2D eigenvalue weighted by Gasteiger charge is -2.12. The summed E-state index contributed by atoms with van der Waals surface area (Å²) in [6, 6.07) is 21.5. The monoisotopic (exact) mass is 318 g/mol.